The van der Waals surface area contributed by atoms with Crippen LogP contribution in [-0.4, -0.2) is 34.1 Å². The second-order valence-corrected chi connectivity index (χ2v) is 6.41. The van der Waals surface area contributed by atoms with Gasteiger partial charge in [0, 0.05) is 11.3 Å². The molecule has 0 bridgehead atoms. The highest BCUT2D eigenvalue weighted by Gasteiger charge is 2.19. The topological polar surface area (TPSA) is 153 Å². The Hall–Kier alpha value is -3.49. The van der Waals surface area contributed by atoms with Crippen LogP contribution >= 0.6 is 0 Å². The molecule has 2 rings (SSSR count). The zero-order valence-corrected chi connectivity index (χ0v) is 15.1. The van der Waals surface area contributed by atoms with Gasteiger partial charge in [0.1, 0.15) is 18.1 Å². The number of primary amides is 2. The molecule has 2 amide bonds. The van der Waals surface area contributed by atoms with Gasteiger partial charge in [-0.1, -0.05) is 13.8 Å². The maximum Gasteiger partial charge on any atom is 0.271 e. The van der Waals surface area contributed by atoms with Crippen molar-refractivity contribution in [1.29, 1.82) is 0 Å². The Balaban J connectivity index is 2.30. The van der Waals surface area contributed by atoms with E-state index >= 15 is 0 Å². The summed E-state index contributed by atoms with van der Waals surface area (Å²) in [4.78, 5) is 42.4. The second-order valence-electron chi connectivity index (χ2n) is 6.41. The molecule has 6 N–H and O–H groups in total. The highest BCUT2D eigenvalue weighted by atomic mass is 16.1. The smallest absolute Gasteiger partial charge is 0.271 e. The molecule has 0 aliphatic heterocycles. The molecule has 0 spiro atoms. The van der Waals surface area contributed by atoms with Gasteiger partial charge < -0.3 is 22.1 Å². The highest BCUT2D eigenvalue weighted by Crippen LogP contribution is 2.20. The first kappa shape index (κ1) is 19.8. The van der Waals surface area contributed by atoms with Crippen molar-refractivity contribution in [3.05, 3.63) is 41.7 Å². The number of carbonyl (C=O) groups is 3. The van der Waals surface area contributed by atoms with E-state index in [1.165, 1.54) is 6.20 Å². The molecule has 0 fully saturated rings. The van der Waals surface area contributed by atoms with Crippen molar-refractivity contribution in [2.75, 3.05) is 10.6 Å². The Bertz CT molecular complexity index is 835. The van der Waals surface area contributed by atoms with Gasteiger partial charge in [-0.15, -0.1) is 0 Å². The molecule has 27 heavy (non-hydrogen) atoms. The Labute approximate surface area is 156 Å². The summed E-state index contributed by atoms with van der Waals surface area (Å²) in [5, 5.41) is 5.88. The van der Waals surface area contributed by atoms with Crippen LogP contribution in [0.2, 0.25) is 0 Å². The van der Waals surface area contributed by atoms with Crippen LogP contribution in [0.3, 0.4) is 0 Å². The largest absolute Gasteiger partial charge is 0.368 e. The van der Waals surface area contributed by atoms with Gasteiger partial charge in [0.05, 0.1) is 6.20 Å². The van der Waals surface area contributed by atoms with Crippen molar-refractivity contribution >= 4 is 35.4 Å². The van der Waals surface area contributed by atoms with Gasteiger partial charge in [0.15, 0.2) is 11.5 Å². The van der Waals surface area contributed by atoms with Crippen molar-refractivity contribution in [2.24, 2.45) is 17.4 Å². The minimum Gasteiger partial charge on any atom is -0.368 e. The molecule has 0 saturated heterocycles. The lowest BCUT2D eigenvalue weighted by atomic mass is 10.0. The van der Waals surface area contributed by atoms with Crippen molar-refractivity contribution in [2.45, 2.75) is 26.3 Å². The molecule has 2 aromatic rings. The number of nitrogens with zero attached hydrogens (tertiary/aromatic N) is 2. The van der Waals surface area contributed by atoms with E-state index in [4.69, 9.17) is 11.5 Å². The number of nitrogens with two attached hydrogens (primary N) is 2. The molecule has 0 aliphatic carbocycles. The molecule has 1 aromatic carbocycles. The van der Waals surface area contributed by atoms with Gasteiger partial charge in [0.25, 0.3) is 5.91 Å². The van der Waals surface area contributed by atoms with E-state index < -0.39 is 17.9 Å². The number of nitrogens with one attached hydrogen (secondary N) is 2. The van der Waals surface area contributed by atoms with E-state index in [1.807, 2.05) is 13.8 Å². The quantitative estimate of drug-likeness (QED) is 0.487. The first-order valence-electron chi connectivity index (χ1n) is 8.35. The highest BCUT2D eigenvalue weighted by molar-refractivity contribution is 5.96. The molecule has 1 aromatic heterocycles. The lowest BCUT2D eigenvalue weighted by molar-refractivity contribution is -0.119. The van der Waals surface area contributed by atoms with Crippen molar-refractivity contribution in [3.63, 3.8) is 0 Å². The minimum atomic E-state index is -0.755. The molecule has 0 radical (unpaired) electrons. The summed E-state index contributed by atoms with van der Waals surface area (Å²) in [7, 11) is 0. The van der Waals surface area contributed by atoms with E-state index in [2.05, 4.69) is 20.6 Å². The van der Waals surface area contributed by atoms with Crippen molar-refractivity contribution in [3.8, 4) is 0 Å². The molecule has 1 heterocycles. The molecule has 1 atom stereocenters. The van der Waals surface area contributed by atoms with E-state index in [1.54, 1.807) is 24.3 Å². The van der Waals surface area contributed by atoms with Gasteiger partial charge in [-0.3, -0.25) is 14.4 Å². The number of carbonyl (C=O) groups excluding carboxylic acids is 3. The summed E-state index contributed by atoms with van der Waals surface area (Å²) in [6.45, 7) is 3.94. The molecule has 9 heteroatoms. The maximum absolute atomic E-state index is 11.6. The summed E-state index contributed by atoms with van der Waals surface area (Å²) >= 11 is 0. The molecule has 0 unspecified atom stereocenters. The predicted molar refractivity (Wildman–Crippen MR) is 102 cm³/mol. The number of aldehydes is 1. The van der Waals surface area contributed by atoms with E-state index in [0.717, 1.165) is 6.29 Å². The molecule has 0 aliphatic rings. The Morgan fingerprint density at radius 3 is 2.37 bits per heavy atom. The van der Waals surface area contributed by atoms with Crippen LogP contribution in [0.1, 0.15) is 41.1 Å². The maximum atomic E-state index is 11.6. The normalized spacial score (nSPS) is 11.7. The molecule has 9 nitrogen and oxygen atoms in total. The summed E-state index contributed by atoms with van der Waals surface area (Å²) in [6.07, 6.45) is 2.56. The van der Waals surface area contributed by atoms with E-state index in [9.17, 15) is 14.4 Å². The summed E-state index contributed by atoms with van der Waals surface area (Å²) in [5.41, 5.74) is 11.8. The van der Waals surface area contributed by atoms with Crippen LogP contribution in [0.15, 0.2) is 30.5 Å². The zero-order valence-electron chi connectivity index (χ0n) is 15.1. The Kier molecular flexibility index (Phi) is 6.42. The number of hydrogen-bond donors (Lipinski definition) is 4. The SMILES string of the molecule is CC(C)C[C@@H](Nc1cnc(C(N)=O)c(Nc2ccc(C=O)cc2)n1)C(N)=O. The average molecular weight is 370 g/mol. The molecule has 142 valence electrons. The summed E-state index contributed by atoms with van der Waals surface area (Å²) in [6, 6.07) is 5.90. The first-order valence-corrected chi connectivity index (χ1v) is 8.35. The van der Waals surface area contributed by atoms with Crippen LogP contribution < -0.4 is 22.1 Å². The van der Waals surface area contributed by atoms with Crippen LogP contribution in [0.25, 0.3) is 0 Å². The second kappa shape index (κ2) is 8.75. The van der Waals surface area contributed by atoms with Crippen LogP contribution in [0.5, 0.6) is 0 Å². The van der Waals surface area contributed by atoms with Crippen LogP contribution in [0, 0.1) is 5.92 Å². The number of anilines is 3. The van der Waals surface area contributed by atoms with Crippen LogP contribution in [0.4, 0.5) is 17.3 Å². The number of aromatic nitrogens is 2. The zero-order chi connectivity index (χ0) is 20.0. The van der Waals surface area contributed by atoms with Gasteiger partial charge in [0.2, 0.25) is 5.91 Å². The Morgan fingerprint density at radius 1 is 1.19 bits per heavy atom. The first-order chi connectivity index (χ1) is 12.8. The number of hydrogen-bond acceptors (Lipinski definition) is 7. The summed E-state index contributed by atoms with van der Waals surface area (Å²) < 4.78 is 0. The van der Waals surface area contributed by atoms with E-state index in [-0.39, 0.29) is 23.2 Å². The third-order valence-electron chi connectivity index (χ3n) is 3.69. The molecule has 0 saturated carbocycles. The summed E-state index contributed by atoms with van der Waals surface area (Å²) in [5.74, 6) is -0.629. The van der Waals surface area contributed by atoms with Crippen LogP contribution in [-0.2, 0) is 4.79 Å². The number of benzene rings is 1. The third kappa shape index (κ3) is 5.50. The van der Waals surface area contributed by atoms with Gasteiger partial charge >= 0.3 is 0 Å². The number of amides is 2. The fraction of sp³-hybridized carbons (Fsp3) is 0.278. The predicted octanol–water partition coefficient (Wildman–Crippen LogP) is 1.44. The van der Waals surface area contributed by atoms with Crippen molar-refractivity contribution < 1.29 is 14.4 Å². The fourth-order valence-electron chi connectivity index (χ4n) is 2.40. The standard InChI is InChI=1S/C18H22N6O3/c1-10(2)7-13(16(19)26)23-14-8-21-15(17(20)27)18(24-14)22-12-5-3-11(9-25)4-6-12/h3-6,8-10,13H,7H2,1-2H3,(H2,19,26)(H2,20,27)(H2,22,23,24)/t13-/m1/s1. The fourth-order valence-corrected chi connectivity index (χ4v) is 2.40. The van der Waals surface area contributed by atoms with E-state index in [0.29, 0.717) is 17.7 Å². The third-order valence-corrected chi connectivity index (χ3v) is 3.69. The average Bonchev–Trinajstić information content (AvgIpc) is 2.61. The minimum absolute atomic E-state index is 0.0560. The van der Waals surface area contributed by atoms with Crippen molar-refractivity contribution in [1.82, 2.24) is 9.97 Å². The van der Waals surface area contributed by atoms with Gasteiger partial charge in [-0.05, 0) is 36.6 Å². The van der Waals surface area contributed by atoms with Gasteiger partial charge in [-0.25, -0.2) is 9.97 Å². The lowest BCUT2D eigenvalue weighted by Gasteiger charge is -2.18. The monoisotopic (exact) mass is 370 g/mol. The van der Waals surface area contributed by atoms with Gasteiger partial charge in [-0.2, -0.15) is 0 Å². The number of rotatable bonds is 9. The molecular weight excluding hydrogens is 348 g/mol. The Morgan fingerprint density at radius 2 is 1.85 bits per heavy atom. The lowest BCUT2D eigenvalue weighted by Crippen LogP contribution is -2.37. The molecular formula is C18H22N6O3.